The molecule has 0 bridgehead atoms. The van der Waals surface area contributed by atoms with Crippen molar-refractivity contribution in [1.29, 1.82) is 0 Å². The molecule has 2 rings (SSSR count). The minimum absolute atomic E-state index is 0.0592. The van der Waals surface area contributed by atoms with Crippen LogP contribution >= 0.6 is 23.2 Å². The normalized spacial score (nSPS) is 10.3. The van der Waals surface area contributed by atoms with Gasteiger partial charge in [-0.2, -0.15) is 0 Å². The maximum atomic E-state index is 13.0. The number of nitrogens with one attached hydrogen (secondary N) is 1. The van der Waals surface area contributed by atoms with Crippen molar-refractivity contribution in [3.63, 3.8) is 0 Å². The number of nitrogens with two attached hydrogens (primary N) is 1. The summed E-state index contributed by atoms with van der Waals surface area (Å²) in [5, 5.41) is 3.25. The minimum Gasteiger partial charge on any atom is -0.383 e. The van der Waals surface area contributed by atoms with Gasteiger partial charge < -0.3 is 11.1 Å². The van der Waals surface area contributed by atoms with E-state index < -0.39 is 11.7 Å². The van der Waals surface area contributed by atoms with Gasteiger partial charge >= 0.3 is 0 Å². The number of anilines is 2. The highest BCUT2D eigenvalue weighted by molar-refractivity contribution is 6.35. The van der Waals surface area contributed by atoms with E-state index in [1.165, 1.54) is 18.2 Å². The summed E-state index contributed by atoms with van der Waals surface area (Å²) in [5.74, 6) is -1.31. The van der Waals surface area contributed by atoms with E-state index in [9.17, 15) is 9.18 Å². The number of amides is 1. The lowest BCUT2D eigenvalue weighted by Gasteiger charge is -2.08. The van der Waals surface area contributed by atoms with Crippen LogP contribution in [0.3, 0.4) is 0 Å². The fourth-order valence-electron chi connectivity index (χ4n) is 1.46. The molecule has 19 heavy (non-hydrogen) atoms. The van der Waals surface area contributed by atoms with Crippen LogP contribution in [-0.2, 0) is 0 Å². The van der Waals surface area contributed by atoms with Crippen molar-refractivity contribution in [1.82, 2.24) is 4.98 Å². The van der Waals surface area contributed by atoms with Gasteiger partial charge in [-0.1, -0.05) is 23.2 Å². The quantitative estimate of drug-likeness (QED) is 0.893. The van der Waals surface area contributed by atoms with Crippen molar-refractivity contribution < 1.29 is 9.18 Å². The predicted molar refractivity (Wildman–Crippen MR) is 73.0 cm³/mol. The molecule has 0 atom stereocenters. The average Bonchev–Trinajstić information content (AvgIpc) is 2.30. The Kier molecular flexibility index (Phi) is 3.87. The SMILES string of the molecule is Nc1ncc(F)cc1C(=O)Nc1cc(Cl)cc(Cl)c1. The molecule has 1 heterocycles. The third-order valence-electron chi connectivity index (χ3n) is 2.25. The first-order valence-electron chi connectivity index (χ1n) is 5.14. The van der Waals surface area contributed by atoms with E-state index in [1.807, 2.05) is 0 Å². The van der Waals surface area contributed by atoms with Crippen molar-refractivity contribution in [2.75, 3.05) is 11.1 Å². The van der Waals surface area contributed by atoms with Crippen molar-refractivity contribution in [2.45, 2.75) is 0 Å². The smallest absolute Gasteiger partial charge is 0.259 e. The molecule has 0 spiro atoms. The third-order valence-corrected chi connectivity index (χ3v) is 2.69. The van der Waals surface area contributed by atoms with E-state index in [0.29, 0.717) is 15.7 Å². The summed E-state index contributed by atoms with van der Waals surface area (Å²) in [7, 11) is 0. The van der Waals surface area contributed by atoms with Gasteiger partial charge in [-0.3, -0.25) is 4.79 Å². The topological polar surface area (TPSA) is 68.0 Å². The number of nitrogens with zero attached hydrogens (tertiary/aromatic N) is 1. The number of pyridine rings is 1. The van der Waals surface area contributed by atoms with Gasteiger partial charge in [0.25, 0.3) is 5.91 Å². The van der Waals surface area contributed by atoms with Gasteiger partial charge in [-0.25, -0.2) is 9.37 Å². The lowest BCUT2D eigenvalue weighted by Crippen LogP contribution is -2.15. The zero-order valence-electron chi connectivity index (χ0n) is 9.45. The Morgan fingerprint density at radius 2 is 1.84 bits per heavy atom. The zero-order valence-corrected chi connectivity index (χ0v) is 11.0. The second kappa shape index (κ2) is 5.42. The van der Waals surface area contributed by atoms with Gasteiger partial charge in [0.05, 0.1) is 11.8 Å². The van der Waals surface area contributed by atoms with Crippen LogP contribution < -0.4 is 11.1 Å². The van der Waals surface area contributed by atoms with Gasteiger partial charge in [-0.15, -0.1) is 0 Å². The maximum absolute atomic E-state index is 13.0. The molecule has 0 saturated heterocycles. The Balaban J connectivity index is 2.28. The van der Waals surface area contributed by atoms with Crippen LogP contribution in [0.5, 0.6) is 0 Å². The lowest BCUT2D eigenvalue weighted by atomic mass is 10.2. The molecule has 0 unspecified atom stereocenters. The third kappa shape index (κ3) is 3.33. The van der Waals surface area contributed by atoms with Crippen LogP contribution in [0.2, 0.25) is 10.0 Å². The average molecular weight is 300 g/mol. The predicted octanol–water partition coefficient (Wildman–Crippen LogP) is 3.36. The molecule has 0 fully saturated rings. The molecule has 1 aromatic carbocycles. The van der Waals surface area contributed by atoms with Gasteiger partial charge in [0.2, 0.25) is 0 Å². The number of carbonyl (C=O) groups excluding carboxylic acids is 1. The van der Waals surface area contributed by atoms with E-state index >= 15 is 0 Å². The number of carbonyl (C=O) groups is 1. The summed E-state index contributed by atoms with van der Waals surface area (Å²) in [6.07, 6.45) is 0.933. The van der Waals surface area contributed by atoms with E-state index in [1.54, 1.807) is 0 Å². The fraction of sp³-hybridized carbons (Fsp3) is 0. The first-order valence-corrected chi connectivity index (χ1v) is 5.90. The number of rotatable bonds is 2. The van der Waals surface area contributed by atoms with Crippen LogP contribution in [0.25, 0.3) is 0 Å². The van der Waals surface area contributed by atoms with Crippen molar-refractivity contribution >= 4 is 40.6 Å². The Morgan fingerprint density at radius 3 is 2.47 bits per heavy atom. The number of hydrogen-bond acceptors (Lipinski definition) is 3. The molecule has 1 aromatic heterocycles. The van der Waals surface area contributed by atoms with Crippen LogP contribution in [0.15, 0.2) is 30.5 Å². The van der Waals surface area contributed by atoms with Crippen molar-refractivity contribution in [2.24, 2.45) is 0 Å². The molecule has 3 N–H and O–H groups in total. The summed E-state index contributed by atoms with van der Waals surface area (Å²) >= 11 is 11.6. The number of halogens is 3. The molecule has 98 valence electrons. The zero-order chi connectivity index (χ0) is 14.0. The fourth-order valence-corrected chi connectivity index (χ4v) is 1.98. The molecule has 4 nitrogen and oxygen atoms in total. The molecule has 7 heteroatoms. The van der Waals surface area contributed by atoms with Crippen molar-refractivity contribution in [3.05, 3.63) is 51.9 Å². The van der Waals surface area contributed by atoms with Crippen LogP contribution in [0.4, 0.5) is 15.9 Å². The summed E-state index contributed by atoms with van der Waals surface area (Å²) in [4.78, 5) is 15.5. The Hall–Kier alpha value is -1.85. The molecule has 0 radical (unpaired) electrons. The lowest BCUT2D eigenvalue weighted by molar-refractivity contribution is 0.102. The van der Waals surface area contributed by atoms with Crippen molar-refractivity contribution in [3.8, 4) is 0 Å². The highest BCUT2D eigenvalue weighted by Gasteiger charge is 2.12. The molecule has 1 amide bonds. The highest BCUT2D eigenvalue weighted by atomic mass is 35.5. The Bertz CT molecular complexity index is 629. The van der Waals surface area contributed by atoms with E-state index in [-0.39, 0.29) is 11.4 Å². The second-order valence-electron chi connectivity index (χ2n) is 3.70. The number of hydrogen-bond donors (Lipinski definition) is 2. The standard InChI is InChI=1S/C12H8Cl2FN3O/c13-6-1-7(14)3-9(2-6)18-12(19)10-4-8(15)5-17-11(10)16/h1-5H,(H2,16,17)(H,18,19). The monoisotopic (exact) mass is 299 g/mol. The molecular weight excluding hydrogens is 292 g/mol. The highest BCUT2D eigenvalue weighted by Crippen LogP contribution is 2.23. The number of aromatic nitrogens is 1. The van der Waals surface area contributed by atoms with E-state index in [4.69, 9.17) is 28.9 Å². The van der Waals surface area contributed by atoms with Gasteiger partial charge in [0.15, 0.2) is 0 Å². The van der Waals surface area contributed by atoms with Crippen LogP contribution in [0, 0.1) is 5.82 Å². The second-order valence-corrected chi connectivity index (χ2v) is 4.57. The molecule has 0 aliphatic heterocycles. The largest absolute Gasteiger partial charge is 0.383 e. The first-order chi connectivity index (χ1) is 8.95. The van der Waals surface area contributed by atoms with Gasteiger partial charge in [0.1, 0.15) is 11.6 Å². The van der Waals surface area contributed by atoms with Gasteiger partial charge in [0, 0.05) is 15.7 Å². The number of nitrogen functional groups attached to an aromatic ring is 1. The summed E-state index contributed by atoms with van der Waals surface area (Å²) in [6.45, 7) is 0. The van der Waals surface area contributed by atoms with E-state index in [2.05, 4.69) is 10.3 Å². The first kappa shape index (κ1) is 13.6. The molecule has 0 aliphatic carbocycles. The molecule has 2 aromatic rings. The number of benzene rings is 1. The van der Waals surface area contributed by atoms with Crippen LogP contribution in [-0.4, -0.2) is 10.9 Å². The molecule has 0 saturated carbocycles. The summed E-state index contributed by atoms with van der Waals surface area (Å²) in [5.41, 5.74) is 5.83. The summed E-state index contributed by atoms with van der Waals surface area (Å²) < 4.78 is 13.0. The minimum atomic E-state index is -0.650. The molecular formula is C12H8Cl2FN3O. The Morgan fingerprint density at radius 1 is 1.21 bits per heavy atom. The van der Waals surface area contributed by atoms with E-state index in [0.717, 1.165) is 12.3 Å². The Labute approximate surface area is 118 Å². The summed E-state index contributed by atoms with van der Waals surface area (Å²) in [6, 6.07) is 5.54. The maximum Gasteiger partial charge on any atom is 0.259 e. The van der Waals surface area contributed by atoms with Gasteiger partial charge in [-0.05, 0) is 24.3 Å². The van der Waals surface area contributed by atoms with Crippen LogP contribution in [0.1, 0.15) is 10.4 Å². The molecule has 0 aliphatic rings.